The summed E-state index contributed by atoms with van der Waals surface area (Å²) in [7, 11) is 1.51. The van der Waals surface area contributed by atoms with Crippen LogP contribution in [0.15, 0.2) is 186 Å². The number of halogens is 1. The maximum Gasteiger partial charge on any atom is 0.339 e. The van der Waals surface area contributed by atoms with Gasteiger partial charge in [0.2, 0.25) is 11.8 Å². The van der Waals surface area contributed by atoms with E-state index in [1.165, 1.54) is 28.6 Å². The van der Waals surface area contributed by atoms with Crippen molar-refractivity contribution in [2.75, 3.05) is 46.5 Å². The molecule has 11 aromatic rings. The van der Waals surface area contributed by atoms with Gasteiger partial charge in [-0.15, -0.1) is 0 Å². The van der Waals surface area contributed by atoms with E-state index in [1.54, 1.807) is 101 Å². The van der Waals surface area contributed by atoms with Gasteiger partial charge in [-0.1, -0.05) is 134 Å². The van der Waals surface area contributed by atoms with Gasteiger partial charge in [-0.2, -0.15) is 5.26 Å². The third-order valence-corrected chi connectivity index (χ3v) is 21.4. The number of rotatable bonds is 23. The van der Waals surface area contributed by atoms with Gasteiger partial charge in [-0.3, -0.25) is 38.9 Å². The van der Waals surface area contributed by atoms with E-state index >= 15 is 0 Å². The fourth-order valence-electron chi connectivity index (χ4n) is 14.0. The SMILES string of the molecule is CC(C)(C)c1ccc(Br)cc1.CCOC(=O)c1cc2cc(O)ccc2nc1C.Cc1nc2ccc(Oc3ccc(C(C)(C)C)cc3)cc2cc1C(=O)C[C@@H](CCN)C(=O)N(C)[C@@H]1C(=O)C[C@@H](C)C(=O)N[C@H](C(=O)CCC#N)Cc2ccc(OCCN)c(c2)-c2cc1ccc2OCCN.Cc1nc2ccc(Oc3ccc(C(C)(C)C)cc3)cc2cc1C(=O)O. The minimum Gasteiger partial charge on any atom is -0.508 e. The lowest BCUT2D eigenvalue weighted by Gasteiger charge is -2.32. The second kappa shape index (κ2) is 42.5. The van der Waals surface area contributed by atoms with Crippen LogP contribution in [0.1, 0.15) is 190 Å². The highest BCUT2D eigenvalue weighted by Gasteiger charge is 2.37. The number of aryl methyl sites for hydroxylation is 3. The number of aromatic hydroxyl groups is 1. The lowest BCUT2D eigenvalue weighted by atomic mass is 9.87. The molecule has 24 heteroatoms. The van der Waals surface area contributed by atoms with Crippen molar-refractivity contribution in [3.8, 4) is 57.4 Å². The molecule has 0 saturated carbocycles. The molecule has 1 aliphatic rings. The van der Waals surface area contributed by atoms with Crippen LogP contribution >= 0.6 is 15.9 Å². The Labute approximate surface area is 728 Å². The van der Waals surface area contributed by atoms with Crippen LogP contribution in [0.4, 0.5) is 0 Å². The maximum atomic E-state index is 14.9. The number of aromatic carboxylic acids is 1. The zero-order valence-corrected chi connectivity index (χ0v) is 74.3. The van der Waals surface area contributed by atoms with E-state index in [1.807, 2.05) is 84.9 Å². The number of nitrogens with two attached hydrogens (primary N) is 3. The number of carbonyl (C=O) groups is 7. The number of likely N-dealkylation sites (N-methyl/N-ethyl adjacent to an activating group) is 1. The van der Waals surface area contributed by atoms with Gasteiger partial charge in [0.05, 0.1) is 57.8 Å². The molecule has 2 amide bonds. The number of phenolic OH excluding ortho intramolecular Hbond substituents is 1. The van der Waals surface area contributed by atoms with Gasteiger partial charge in [-0.05, 0) is 225 Å². The molecular weight excluding hydrogens is 1620 g/mol. The Morgan fingerprint density at radius 2 is 1.05 bits per heavy atom. The number of nitriles is 1. The highest BCUT2D eigenvalue weighted by Crippen LogP contribution is 2.42. The van der Waals surface area contributed by atoms with E-state index in [2.05, 4.69) is 130 Å². The molecule has 0 spiro atoms. The molecule has 644 valence electrons. The molecule has 0 unspecified atom stereocenters. The predicted octanol–water partition coefficient (Wildman–Crippen LogP) is 18.7. The molecule has 4 atom stereocenters. The van der Waals surface area contributed by atoms with Crippen molar-refractivity contribution >= 4 is 89.7 Å². The highest BCUT2D eigenvalue weighted by molar-refractivity contribution is 9.10. The molecule has 12 rings (SSSR count). The van der Waals surface area contributed by atoms with Crippen LogP contribution in [0.25, 0.3) is 43.8 Å². The molecule has 1 aliphatic heterocycles. The number of ether oxygens (including phenoxy) is 5. The van der Waals surface area contributed by atoms with E-state index in [-0.39, 0.29) is 116 Å². The number of carboxylic acid groups (broad SMARTS) is 1. The van der Waals surface area contributed by atoms with Crippen molar-refractivity contribution in [1.82, 2.24) is 25.2 Å². The van der Waals surface area contributed by atoms with Crippen LogP contribution in [-0.2, 0) is 46.6 Å². The Morgan fingerprint density at radius 1 is 0.585 bits per heavy atom. The summed E-state index contributed by atoms with van der Waals surface area (Å²) in [6, 6.07) is 55.6. The van der Waals surface area contributed by atoms with Gasteiger partial charge in [0.1, 0.15) is 59.5 Å². The number of phenols is 1. The van der Waals surface area contributed by atoms with E-state index in [4.69, 9.17) is 45.9 Å². The van der Waals surface area contributed by atoms with Crippen LogP contribution in [0, 0.1) is 43.9 Å². The number of nitrogens with one attached hydrogen (secondary N) is 1. The Kier molecular flexibility index (Phi) is 32.7. The van der Waals surface area contributed by atoms with Crippen molar-refractivity contribution in [3.63, 3.8) is 0 Å². The van der Waals surface area contributed by atoms with Crippen LogP contribution in [0.5, 0.6) is 40.2 Å². The number of nitrogens with zero attached hydrogens (tertiary/aromatic N) is 5. The first-order valence-electron chi connectivity index (χ1n) is 41.1. The summed E-state index contributed by atoms with van der Waals surface area (Å²) in [6.07, 6.45) is -0.420. The fourth-order valence-corrected chi connectivity index (χ4v) is 14.3. The number of Topliss-reactive ketones (excluding diaryl/α,β-unsaturated/α-hetero) is 3. The molecule has 23 nitrogen and oxygen atoms in total. The standard InChI is InChI=1S/C55H65N7O8.C21H21NO3.C13H13NO3.C10H13Br/c1-33-26-49(65)52(36-10-18-51(69-25-23-59)44(30-36)43-27-35(9-17-50(43)68-24-22-58)28-46(61-53(33)66)47(63)8-7-20-56)62(6)54(67)37(19-21-57)32-48(64)42-31-38-29-41(15-16-45(38)60-34(42)2)70-40-13-11-39(12-14-40)55(3,4)5;1-13-18(20(23)24)12-14-11-17(9-10-19(14)22-13)25-16-7-5-15(6-8-16)21(2,3)4;1-3-17-13(16)11-7-9-6-10(15)4-5-12(9)14-8(11)2;1-10(2,3)8-4-6-9(11)7-5-8/h9-18,27,29-31,33,37,46,52H,7-8,19,21-26,28,32,57-59H2,1-6H3,(H,61,66);5-12H,1-4H3,(H,23,24);4-7,15H,3H2,1-2H3;4-7H,1-3H3/t33-,37-,46+,52+;;;/m1.../s1. The first-order chi connectivity index (χ1) is 58.3. The van der Waals surface area contributed by atoms with Crippen LogP contribution in [-0.4, -0.2) is 124 Å². The summed E-state index contributed by atoms with van der Waals surface area (Å²) in [5.74, 6) is -1.78. The largest absolute Gasteiger partial charge is 0.508 e. The zero-order valence-electron chi connectivity index (χ0n) is 72.8. The first kappa shape index (κ1) is 94.6. The number of carboxylic acids is 1. The lowest BCUT2D eigenvalue weighted by Crippen LogP contribution is -2.46. The van der Waals surface area contributed by atoms with Crippen molar-refractivity contribution in [2.45, 2.75) is 164 Å². The van der Waals surface area contributed by atoms with E-state index in [9.17, 15) is 49.0 Å². The van der Waals surface area contributed by atoms with Crippen LogP contribution in [0.2, 0.25) is 0 Å². The lowest BCUT2D eigenvalue weighted by molar-refractivity contribution is -0.142. The number of pyridine rings is 3. The van der Waals surface area contributed by atoms with Gasteiger partial charge in [0, 0.05) is 101 Å². The number of carbonyl (C=O) groups excluding carboxylic acids is 6. The number of aromatic nitrogens is 3. The summed E-state index contributed by atoms with van der Waals surface area (Å²) in [4.78, 5) is 109. The Hall–Kier alpha value is -12.3. The quantitative estimate of drug-likeness (QED) is 0.0256. The number of benzene rings is 8. The molecule has 0 fully saturated rings. The number of ketones is 3. The van der Waals surface area contributed by atoms with E-state index in [0.29, 0.717) is 96.7 Å². The molecule has 8 aromatic carbocycles. The highest BCUT2D eigenvalue weighted by atomic mass is 79.9. The van der Waals surface area contributed by atoms with Crippen molar-refractivity contribution in [2.24, 2.45) is 29.0 Å². The predicted molar refractivity (Wildman–Crippen MR) is 484 cm³/mol. The fraction of sp³-hybridized carbons (Fsp3) is 0.343. The topological polar surface area (TPSA) is 362 Å². The normalized spacial score (nSPS) is 14.3. The number of esters is 1. The van der Waals surface area contributed by atoms with Crippen LogP contribution in [0.3, 0.4) is 0 Å². The van der Waals surface area contributed by atoms with Gasteiger partial charge in [0.25, 0.3) is 0 Å². The summed E-state index contributed by atoms with van der Waals surface area (Å²) < 4.78 is 30.5. The third kappa shape index (κ3) is 25.7. The minimum absolute atomic E-state index is 0.00961. The summed E-state index contributed by atoms with van der Waals surface area (Å²) in [5, 5.41) is 32.9. The van der Waals surface area contributed by atoms with Gasteiger partial charge in [-0.25, -0.2) is 9.59 Å². The maximum absolute atomic E-state index is 14.9. The summed E-state index contributed by atoms with van der Waals surface area (Å²) >= 11 is 3.41. The third-order valence-electron chi connectivity index (χ3n) is 20.9. The Bertz CT molecular complexity index is 5670. The molecule has 0 saturated heterocycles. The second-order valence-corrected chi connectivity index (χ2v) is 34.5. The minimum atomic E-state index is -1.25. The average Bonchev–Trinajstić information content (AvgIpc) is 0.784. The number of fused-ring (bicyclic) bond motifs is 8. The van der Waals surface area contributed by atoms with E-state index in [0.717, 1.165) is 32.0 Å². The number of hydrogen-bond donors (Lipinski definition) is 6. The monoisotopic (exact) mass is 1730 g/mol. The van der Waals surface area contributed by atoms with Crippen molar-refractivity contribution in [3.05, 3.63) is 248 Å². The molecule has 4 bridgehead atoms. The summed E-state index contributed by atoms with van der Waals surface area (Å²) in [6.45, 7) is 29.3. The zero-order chi connectivity index (χ0) is 89.8. The smallest absolute Gasteiger partial charge is 0.339 e. The molecule has 4 heterocycles. The molecule has 123 heavy (non-hydrogen) atoms. The Balaban J connectivity index is 0.000000257. The number of hydrogen-bond acceptors (Lipinski definition) is 20. The number of amides is 2. The first-order valence-corrected chi connectivity index (χ1v) is 41.9. The average molecular weight is 1730 g/mol. The molecule has 9 N–H and O–H groups in total. The molecular formula is C99H112BrN9O14. The molecule has 3 aromatic heterocycles. The Morgan fingerprint density at radius 3 is 1.54 bits per heavy atom. The van der Waals surface area contributed by atoms with Crippen molar-refractivity contribution < 1.29 is 67.5 Å². The molecule has 0 radical (unpaired) electrons. The summed E-state index contributed by atoms with van der Waals surface area (Å²) in [5.41, 5.74) is 28.9. The molecule has 0 aliphatic carbocycles. The van der Waals surface area contributed by atoms with E-state index < -0.39 is 47.5 Å². The van der Waals surface area contributed by atoms with Gasteiger partial charge >= 0.3 is 11.9 Å². The van der Waals surface area contributed by atoms with Crippen LogP contribution < -0.4 is 41.5 Å². The van der Waals surface area contributed by atoms with Gasteiger partial charge < -0.3 is 61.3 Å². The second-order valence-electron chi connectivity index (χ2n) is 33.6. The van der Waals surface area contributed by atoms with Crippen molar-refractivity contribution in [1.29, 1.82) is 5.26 Å². The van der Waals surface area contributed by atoms with Gasteiger partial charge in [0.15, 0.2) is 17.3 Å².